The van der Waals surface area contributed by atoms with Crippen LogP contribution < -0.4 is 10.6 Å². The number of hydrogen-bond donors (Lipinski definition) is 2. The van der Waals surface area contributed by atoms with Crippen molar-refractivity contribution in [1.29, 1.82) is 0 Å². The lowest BCUT2D eigenvalue weighted by Crippen LogP contribution is -2.43. The van der Waals surface area contributed by atoms with Gasteiger partial charge in [-0.2, -0.15) is 0 Å². The highest BCUT2D eigenvalue weighted by Crippen LogP contribution is 2.21. The average Bonchev–Trinajstić information content (AvgIpc) is 2.64. The number of rotatable bonds is 6. The molecule has 0 saturated carbocycles. The molecule has 3 amide bonds. The van der Waals surface area contributed by atoms with Crippen LogP contribution in [0.3, 0.4) is 0 Å². The summed E-state index contributed by atoms with van der Waals surface area (Å²) >= 11 is 0. The van der Waals surface area contributed by atoms with Crippen LogP contribution in [0.25, 0.3) is 0 Å². The van der Waals surface area contributed by atoms with Gasteiger partial charge in [-0.15, -0.1) is 0 Å². The predicted molar refractivity (Wildman–Crippen MR) is 82.0 cm³/mol. The summed E-state index contributed by atoms with van der Waals surface area (Å²) in [6.07, 6.45) is 3.67. The van der Waals surface area contributed by atoms with E-state index in [0.29, 0.717) is 6.54 Å². The number of nitrogens with zero attached hydrogens (tertiary/aromatic N) is 2. The van der Waals surface area contributed by atoms with E-state index in [-0.39, 0.29) is 11.9 Å². The van der Waals surface area contributed by atoms with Gasteiger partial charge in [0.2, 0.25) is 0 Å². The molecule has 2 heterocycles. The molecule has 2 rings (SSSR count). The number of likely N-dealkylation sites (tertiary alicyclic amines) is 1. The number of piperidine rings is 1. The maximum absolute atomic E-state index is 12.1. The van der Waals surface area contributed by atoms with Gasteiger partial charge in [0.15, 0.2) is 0 Å². The molecule has 6 nitrogen and oxygen atoms in total. The Hall–Kier alpha value is -1.14. The van der Waals surface area contributed by atoms with Crippen molar-refractivity contribution >= 4 is 11.9 Å². The monoisotopic (exact) mass is 296 g/mol. The number of urea groups is 1. The zero-order chi connectivity index (χ0) is 15.5. The first-order valence-corrected chi connectivity index (χ1v) is 7.95. The summed E-state index contributed by atoms with van der Waals surface area (Å²) in [6, 6.07) is -0.256. The van der Waals surface area contributed by atoms with Crippen molar-refractivity contribution in [2.45, 2.75) is 38.6 Å². The minimum Gasteiger partial charge on any atom is -0.324 e. The zero-order valence-corrected chi connectivity index (χ0v) is 13.4. The number of carbonyl (C=O) groups is 2. The lowest BCUT2D eigenvalue weighted by Gasteiger charge is -2.32. The first-order valence-electron chi connectivity index (χ1n) is 7.95. The molecule has 0 aromatic carbocycles. The molecule has 0 aromatic rings. The second-order valence-corrected chi connectivity index (χ2v) is 6.69. The minimum absolute atomic E-state index is 0.114. The highest BCUT2D eigenvalue weighted by atomic mass is 16.2. The average molecular weight is 296 g/mol. The largest absolute Gasteiger partial charge is 0.325 e. The SMILES string of the molecule is CNCCC1CCN(CCN2C(=O)NC(C)(C)C2=O)CC1. The molecule has 0 spiro atoms. The summed E-state index contributed by atoms with van der Waals surface area (Å²) < 4.78 is 0. The summed E-state index contributed by atoms with van der Waals surface area (Å²) in [5.74, 6) is 0.695. The summed E-state index contributed by atoms with van der Waals surface area (Å²) in [5, 5.41) is 5.93. The Balaban J connectivity index is 1.73. The third-order valence-corrected chi connectivity index (χ3v) is 4.59. The molecule has 0 aromatic heterocycles. The third-order valence-electron chi connectivity index (χ3n) is 4.59. The standard InChI is InChI=1S/C15H28N4O2/c1-15(2)13(20)19(14(21)17-15)11-10-18-8-5-12(6-9-18)4-7-16-3/h12,16H,4-11H2,1-3H3,(H,17,21). The zero-order valence-electron chi connectivity index (χ0n) is 13.4. The Labute approximate surface area is 127 Å². The second kappa shape index (κ2) is 6.75. The molecular formula is C15H28N4O2. The number of carbonyl (C=O) groups excluding carboxylic acids is 2. The van der Waals surface area contributed by atoms with Gasteiger partial charge in [0.05, 0.1) is 0 Å². The van der Waals surface area contributed by atoms with Crippen LogP contribution in [0.2, 0.25) is 0 Å². The molecule has 0 aliphatic carbocycles. The molecule has 2 saturated heterocycles. The predicted octanol–water partition coefficient (Wildman–Crippen LogP) is 0.638. The first-order chi connectivity index (χ1) is 9.94. The topological polar surface area (TPSA) is 64.7 Å². The molecule has 120 valence electrons. The van der Waals surface area contributed by atoms with Crippen molar-refractivity contribution < 1.29 is 9.59 Å². The smallest absolute Gasteiger partial charge is 0.324 e. The summed E-state index contributed by atoms with van der Waals surface area (Å²) in [4.78, 5) is 27.6. The van der Waals surface area contributed by atoms with Gasteiger partial charge >= 0.3 is 6.03 Å². The Morgan fingerprint density at radius 2 is 1.90 bits per heavy atom. The quantitative estimate of drug-likeness (QED) is 0.706. The molecule has 0 atom stereocenters. The van der Waals surface area contributed by atoms with Gasteiger partial charge in [0.1, 0.15) is 5.54 Å². The van der Waals surface area contributed by atoms with Crippen molar-refractivity contribution in [1.82, 2.24) is 20.4 Å². The Morgan fingerprint density at radius 3 is 2.43 bits per heavy atom. The van der Waals surface area contributed by atoms with Crippen LogP contribution >= 0.6 is 0 Å². The maximum atomic E-state index is 12.1. The Bertz CT molecular complexity index is 389. The highest BCUT2D eigenvalue weighted by molar-refractivity contribution is 6.06. The molecular weight excluding hydrogens is 268 g/mol. The van der Waals surface area contributed by atoms with Gasteiger partial charge in [-0.25, -0.2) is 4.79 Å². The van der Waals surface area contributed by atoms with Gasteiger partial charge in [0.25, 0.3) is 5.91 Å². The minimum atomic E-state index is -0.753. The van der Waals surface area contributed by atoms with Crippen molar-refractivity contribution in [2.24, 2.45) is 5.92 Å². The van der Waals surface area contributed by atoms with Crippen LogP contribution in [0, 0.1) is 5.92 Å². The third kappa shape index (κ3) is 3.95. The first kappa shape index (κ1) is 16.2. The van der Waals surface area contributed by atoms with Gasteiger partial charge in [-0.1, -0.05) is 0 Å². The van der Waals surface area contributed by atoms with Crippen LogP contribution in [-0.2, 0) is 4.79 Å². The van der Waals surface area contributed by atoms with E-state index in [9.17, 15) is 9.59 Å². The number of nitrogens with one attached hydrogen (secondary N) is 2. The van der Waals surface area contributed by atoms with Crippen LogP contribution in [0.15, 0.2) is 0 Å². The molecule has 2 fully saturated rings. The van der Waals surface area contributed by atoms with Crippen LogP contribution in [-0.4, -0.2) is 67.0 Å². The van der Waals surface area contributed by atoms with E-state index in [1.54, 1.807) is 13.8 Å². The molecule has 0 unspecified atom stereocenters. The van der Waals surface area contributed by atoms with Crippen molar-refractivity contribution in [3.63, 3.8) is 0 Å². The molecule has 6 heteroatoms. The van der Waals surface area contributed by atoms with E-state index in [2.05, 4.69) is 15.5 Å². The van der Waals surface area contributed by atoms with E-state index < -0.39 is 5.54 Å². The number of amides is 3. The molecule has 2 aliphatic rings. The van der Waals surface area contributed by atoms with E-state index >= 15 is 0 Å². The second-order valence-electron chi connectivity index (χ2n) is 6.69. The van der Waals surface area contributed by atoms with Crippen molar-refractivity contribution in [2.75, 3.05) is 39.8 Å². The molecule has 0 bridgehead atoms. The van der Waals surface area contributed by atoms with Crippen LogP contribution in [0.5, 0.6) is 0 Å². The lowest BCUT2D eigenvalue weighted by atomic mass is 9.93. The Kier molecular flexibility index (Phi) is 5.22. The van der Waals surface area contributed by atoms with E-state index in [1.807, 2.05) is 7.05 Å². The summed E-state index contributed by atoms with van der Waals surface area (Å²) in [7, 11) is 1.99. The van der Waals surface area contributed by atoms with Crippen molar-refractivity contribution in [3.05, 3.63) is 0 Å². The fourth-order valence-corrected chi connectivity index (χ4v) is 3.11. The molecule has 2 aliphatic heterocycles. The summed E-state index contributed by atoms with van der Waals surface area (Å²) in [6.45, 7) is 8.01. The molecule has 21 heavy (non-hydrogen) atoms. The highest BCUT2D eigenvalue weighted by Gasteiger charge is 2.43. The van der Waals surface area contributed by atoms with Crippen LogP contribution in [0.4, 0.5) is 4.79 Å². The van der Waals surface area contributed by atoms with Gasteiger partial charge in [-0.05, 0) is 65.7 Å². The fraction of sp³-hybridized carbons (Fsp3) is 0.867. The normalized spacial score (nSPS) is 23.7. The molecule has 0 radical (unpaired) electrons. The van der Waals surface area contributed by atoms with E-state index in [4.69, 9.17) is 0 Å². The Morgan fingerprint density at radius 1 is 1.24 bits per heavy atom. The molecule has 2 N–H and O–H groups in total. The van der Waals surface area contributed by atoms with Crippen molar-refractivity contribution in [3.8, 4) is 0 Å². The maximum Gasteiger partial charge on any atom is 0.325 e. The number of hydrogen-bond acceptors (Lipinski definition) is 4. The van der Waals surface area contributed by atoms with Gasteiger partial charge in [-0.3, -0.25) is 9.69 Å². The summed E-state index contributed by atoms with van der Waals surface area (Å²) in [5.41, 5.74) is -0.753. The van der Waals surface area contributed by atoms with Gasteiger partial charge in [0, 0.05) is 13.1 Å². The fourth-order valence-electron chi connectivity index (χ4n) is 3.11. The number of imide groups is 1. The van der Waals surface area contributed by atoms with E-state index in [0.717, 1.165) is 32.1 Å². The van der Waals surface area contributed by atoms with E-state index in [1.165, 1.54) is 24.2 Å². The van der Waals surface area contributed by atoms with Crippen LogP contribution in [0.1, 0.15) is 33.1 Å². The van der Waals surface area contributed by atoms with Gasteiger partial charge < -0.3 is 15.5 Å². The lowest BCUT2D eigenvalue weighted by molar-refractivity contribution is -0.130.